The molecule has 0 aromatic carbocycles. The van der Waals surface area contributed by atoms with E-state index >= 15 is 0 Å². The van der Waals surface area contributed by atoms with Crippen molar-refractivity contribution in [1.29, 1.82) is 0 Å². The number of hydrogen-bond acceptors (Lipinski definition) is 7. The normalized spacial score (nSPS) is 47.2. The maximum Gasteiger partial charge on any atom is 0.159 e. The summed E-state index contributed by atoms with van der Waals surface area (Å²) in [6, 6.07) is 0. The number of hydrogen-bond donors (Lipinski definition) is 6. The van der Waals surface area contributed by atoms with Gasteiger partial charge < -0.3 is 30.6 Å². The fraction of sp³-hybridized carbons (Fsp3) is 0.889. The van der Waals surface area contributed by atoms with Crippen molar-refractivity contribution in [2.24, 2.45) is 28.6 Å². The fourth-order valence-electron chi connectivity index (χ4n) is 8.64. The lowest BCUT2D eigenvalue weighted by molar-refractivity contribution is -0.163. The standard InChI is InChI=1S/C27H44O7/c1-23(2,32)12-15(28)13-26(5,33)22-7-9-27(34)17-10-19(29)18-11-20(30)21(31)14-24(18,3)16(17)6-8-25(22,27)4/h10,15-16,18,20-22,28,30-34H,6-9,11-14H2,1-5H3/t15-,16+,18-,20-,21+,22+,24+,25-,26-,27-/m0/s1. The third-order valence-corrected chi connectivity index (χ3v) is 10.3. The first-order valence-electron chi connectivity index (χ1n) is 12.9. The summed E-state index contributed by atoms with van der Waals surface area (Å²) in [4.78, 5) is 13.2. The fourth-order valence-corrected chi connectivity index (χ4v) is 8.64. The van der Waals surface area contributed by atoms with Crippen molar-refractivity contribution in [2.45, 2.75) is 121 Å². The Bertz CT molecular complexity index is 860. The van der Waals surface area contributed by atoms with Gasteiger partial charge in [-0.05, 0) is 88.2 Å². The van der Waals surface area contributed by atoms with Crippen molar-refractivity contribution < 1.29 is 35.4 Å². The Kier molecular flexibility index (Phi) is 6.24. The minimum absolute atomic E-state index is 0.0695. The third kappa shape index (κ3) is 3.91. The lowest BCUT2D eigenvalue weighted by atomic mass is 9.45. The van der Waals surface area contributed by atoms with Crippen LogP contribution in [0.25, 0.3) is 0 Å². The lowest BCUT2D eigenvalue weighted by Crippen LogP contribution is -2.62. The zero-order valence-electron chi connectivity index (χ0n) is 21.3. The first-order valence-corrected chi connectivity index (χ1v) is 12.9. The van der Waals surface area contributed by atoms with E-state index < -0.39 is 45.9 Å². The van der Waals surface area contributed by atoms with Gasteiger partial charge in [0.1, 0.15) is 0 Å². The molecular weight excluding hydrogens is 436 g/mol. The van der Waals surface area contributed by atoms with Crippen LogP contribution in [0.3, 0.4) is 0 Å². The number of allylic oxidation sites excluding steroid dienone is 1. The summed E-state index contributed by atoms with van der Waals surface area (Å²) >= 11 is 0. The monoisotopic (exact) mass is 480 g/mol. The summed E-state index contributed by atoms with van der Waals surface area (Å²) in [7, 11) is 0. The topological polar surface area (TPSA) is 138 Å². The average molecular weight is 481 g/mol. The summed E-state index contributed by atoms with van der Waals surface area (Å²) in [5.41, 5.74) is -4.04. The van der Waals surface area contributed by atoms with Crippen molar-refractivity contribution >= 4 is 5.78 Å². The number of fused-ring (bicyclic) bond motifs is 5. The molecule has 0 heterocycles. The van der Waals surface area contributed by atoms with Gasteiger partial charge in [-0.2, -0.15) is 0 Å². The van der Waals surface area contributed by atoms with E-state index in [9.17, 15) is 35.4 Å². The Morgan fingerprint density at radius 1 is 1.03 bits per heavy atom. The molecule has 0 bridgehead atoms. The van der Waals surface area contributed by atoms with Crippen LogP contribution in [0, 0.1) is 28.6 Å². The highest BCUT2D eigenvalue weighted by molar-refractivity contribution is 5.95. The average Bonchev–Trinajstić information content (AvgIpc) is 2.95. The smallest absolute Gasteiger partial charge is 0.159 e. The van der Waals surface area contributed by atoms with Gasteiger partial charge in [-0.25, -0.2) is 0 Å². The molecule has 0 unspecified atom stereocenters. The number of carbonyl (C=O) groups is 1. The molecule has 6 N–H and O–H groups in total. The highest BCUT2D eigenvalue weighted by atomic mass is 16.3. The van der Waals surface area contributed by atoms with E-state index in [4.69, 9.17) is 0 Å². The number of aliphatic hydroxyl groups excluding tert-OH is 3. The number of carbonyl (C=O) groups excluding carboxylic acids is 1. The molecule has 4 aliphatic carbocycles. The van der Waals surface area contributed by atoms with Crippen LogP contribution in [-0.4, -0.2) is 71.5 Å². The summed E-state index contributed by atoms with van der Waals surface area (Å²) in [6.45, 7) is 8.98. The Morgan fingerprint density at radius 2 is 1.68 bits per heavy atom. The van der Waals surface area contributed by atoms with Crippen LogP contribution in [-0.2, 0) is 4.79 Å². The van der Waals surface area contributed by atoms with Gasteiger partial charge in [0.25, 0.3) is 0 Å². The Labute approximate surface area is 202 Å². The SMILES string of the molecule is CC(C)(O)C[C@H](O)C[C@](C)(O)[C@@H]1CC[C@]2(O)C3=CC(=O)[C@@H]4C[C@H](O)[C@H](O)C[C@]4(C)[C@@H]3CC[C@@]12C. The maximum absolute atomic E-state index is 13.2. The second kappa shape index (κ2) is 8.09. The minimum Gasteiger partial charge on any atom is -0.393 e. The molecule has 3 fully saturated rings. The van der Waals surface area contributed by atoms with E-state index in [2.05, 4.69) is 0 Å². The summed E-state index contributed by atoms with van der Waals surface area (Å²) < 4.78 is 0. The van der Waals surface area contributed by atoms with Crippen molar-refractivity contribution in [3.8, 4) is 0 Å². The zero-order valence-corrected chi connectivity index (χ0v) is 21.3. The van der Waals surface area contributed by atoms with Crippen LogP contribution in [0.4, 0.5) is 0 Å². The van der Waals surface area contributed by atoms with Gasteiger partial charge in [-0.15, -0.1) is 0 Å². The van der Waals surface area contributed by atoms with Crippen LogP contribution >= 0.6 is 0 Å². The molecule has 0 aromatic rings. The van der Waals surface area contributed by atoms with Gasteiger partial charge in [-0.3, -0.25) is 4.79 Å². The quantitative estimate of drug-likeness (QED) is 0.353. The van der Waals surface area contributed by atoms with Crippen LogP contribution < -0.4 is 0 Å². The molecule has 0 saturated heterocycles. The van der Waals surface area contributed by atoms with Gasteiger partial charge in [0.2, 0.25) is 0 Å². The van der Waals surface area contributed by atoms with E-state index in [0.29, 0.717) is 25.7 Å². The second-order valence-corrected chi connectivity index (χ2v) is 13.3. The van der Waals surface area contributed by atoms with Gasteiger partial charge in [0, 0.05) is 24.2 Å². The van der Waals surface area contributed by atoms with Crippen LogP contribution in [0.5, 0.6) is 0 Å². The summed E-state index contributed by atoms with van der Waals surface area (Å²) in [5.74, 6) is -0.819. The predicted octanol–water partition coefficient (Wildman–Crippen LogP) is 1.85. The Balaban J connectivity index is 1.65. The highest BCUT2D eigenvalue weighted by Crippen LogP contribution is 2.68. The van der Waals surface area contributed by atoms with Crippen molar-refractivity contribution in [3.63, 3.8) is 0 Å². The largest absolute Gasteiger partial charge is 0.393 e. The molecule has 7 nitrogen and oxygen atoms in total. The predicted molar refractivity (Wildman–Crippen MR) is 127 cm³/mol. The molecule has 194 valence electrons. The van der Waals surface area contributed by atoms with Crippen LogP contribution in [0.15, 0.2) is 11.6 Å². The first-order chi connectivity index (χ1) is 15.4. The Morgan fingerprint density at radius 3 is 2.29 bits per heavy atom. The van der Waals surface area contributed by atoms with Crippen molar-refractivity contribution in [3.05, 3.63) is 11.6 Å². The Hall–Kier alpha value is -0.830. The van der Waals surface area contributed by atoms with Crippen LogP contribution in [0.1, 0.15) is 86.0 Å². The van der Waals surface area contributed by atoms with Gasteiger partial charge in [0.15, 0.2) is 5.78 Å². The molecule has 4 aliphatic rings. The molecule has 4 rings (SSSR count). The van der Waals surface area contributed by atoms with Gasteiger partial charge in [-0.1, -0.05) is 13.8 Å². The summed E-state index contributed by atoms with van der Waals surface area (Å²) in [6.07, 6.45) is 2.12. The highest BCUT2D eigenvalue weighted by Gasteiger charge is 2.68. The van der Waals surface area contributed by atoms with E-state index in [1.165, 1.54) is 0 Å². The molecule has 0 aliphatic heterocycles. The molecule has 7 heteroatoms. The third-order valence-electron chi connectivity index (χ3n) is 10.3. The van der Waals surface area contributed by atoms with Crippen molar-refractivity contribution in [2.75, 3.05) is 0 Å². The maximum atomic E-state index is 13.2. The van der Waals surface area contributed by atoms with E-state index in [-0.39, 0.29) is 42.8 Å². The molecule has 0 spiro atoms. The number of ketones is 1. The minimum atomic E-state index is -1.26. The molecule has 10 atom stereocenters. The van der Waals surface area contributed by atoms with E-state index in [1.807, 2.05) is 13.8 Å². The van der Waals surface area contributed by atoms with Gasteiger partial charge >= 0.3 is 0 Å². The second-order valence-electron chi connectivity index (χ2n) is 13.3. The molecular formula is C27H44O7. The molecule has 0 aromatic heterocycles. The van der Waals surface area contributed by atoms with Crippen LogP contribution in [0.2, 0.25) is 0 Å². The van der Waals surface area contributed by atoms with Crippen molar-refractivity contribution in [1.82, 2.24) is 0 Å². The molecule has 3 saturated carbocycles. The number of rotatable bonds is 5. The molecule has 0 amide bonds. The van der Waals surface area contributed by atoms with Gasteiger partial charge in [0.05, 0.1) is 35.1 Å². The molecule has 0 radical (unpaired) electrons. The lowest BCUT2D eigenvalue weighted by Gasteiger charge is -2.60. The molecule has 34 heavy (non-hydrogen) atoms. The first kappa shape index (κ1) is 26.2. The zero-order chi connectivity index (χ0) is 25.5. The number of aliphatic hydroxyl groups is 6. The van der Waals surface area contributed by atoms with E-state index in [1.54, 1.807) is 26.8 Å². The summed E-state index contributed by atoms with van der Waals surface area (Å²) in [5, 5.41) is 65.1. The van der Waals surface area contributed by atoms with E-state index in [0.717, 1.165) is 12.0 Å².